The SMILES string of the molecule is O=S(=O)(O)c1cc(S(=O)(=O)O)c2cccc(S(=O)(=O)O)c2c1.[Na]. The van der Waals surface area contributed by atoms with Gasteiger partial charge in [0.1, 0.15) is 9.79 Å². The Hall–Kier alpha value is -0.570. The van der Waals surface area contributed by atoms with Crippen LogP contribution in [0.5, 0.6) is 0 Å². The van der Waals surface area contributed by atoms with Crippen LogP contribution in [0.2, 0.25) is 0 Å². The largest absolute Gasteiger partial charge is 0.295 e. The molecule has 0 aliphatic carbocycles. The van der Waals surface area contributed by atoms with Crippen molar-refractivity contribution in [3.05, 3.63) is 30.3 Å². The summed E-state index contributed by atoms with van der Waals surface area (Å²) in [7, 11) is -14.6. The van der Waals surface area contributed by atoms with Gasteiger partial charge in [-0.15, -0.1) is 0 Å². The summed E-state index contributed by atoms with van der Waals surface area (Å²) in [5.74, 6) is 0. The van der Waals surface area contributed by atoms with Crippen LogP contribution in [0, 0.1) is 0 Å². The fraction of sp³-hybridized carbons (Fsp3) is 0. The first-order valence-corrected chi connectivity index (χ1v) is 9.63. The molecular weight excluding hydrogens is 383 g/mol. The molecule has 2 rings (SSSR count). The zero-order chi connectivity index (χ0) is 16.9. The number of fused-ring (bicyclic) bond motifs is 1. The van der Waals surface area contributed by atoms with E-state index in [9.17, 15) is 25.3 Å². The molecular formula is C10H8NaO9S3. The molecule has 0 aliphatic rings. The Balaban J connectivity index is 0.00000264. The summed E-state index contributed by atoms with van der Waals surface area (Å²) in [5, 5.41) is -0.835. The Morgan fingerprint density at radius 2 is 1.17 bits per heavy atom. The summed E-state index contributed by atoms with van der Waals surface area (Å²) in [6.45, 7) is 0. The van der Waals surface area contributed by atoms with Gasteiger partial charge in [0.15, 0.2) is 0 Å². The van der Waals surface area contributed by atoms with Crippen LogP contribution in [0.4, 0.5) is 0 Å². The van der Waals surface area contributed by atoms with Gasteiger partial charge in [0, 0.05) is 40.3 Å². The minimum absolute atomic E-state index is 0. The maximum atomic E-state index is 11.4. The van der Waals surface area contributed by atoms with E-state index in [1.807, 2.05) is 0 Å². The minimum atomic E-state index is -4.93. The van der Waals surface area contributed by atoms with Crippen LogP contribution in [-0.2, 0) is 30.4 Å². The maximum absolute atomic E-state index is 11.4. The molecule has 0 atom stereocenters. The summed E-state index contributed by atoms with van der Waals surface area (Å²) >= 11 is 0. The molecule has 121 valence electrons. The van der Waals surface area contributed by atoms with Crippen molar-refractivity contribution in [1.29, 1.82) is 0 Å². The third kappa shape index (κ3) is 4.29. The van der Waals surface area contributed by atoms with Gasteiger partial charge in [0.05, 0.1) is 4.90 Å². The van der Waals surface area contributed by atoms with E-state index in [1.54, 1.807) is 0 Å². The molecule has 9 nitrogen and oxygen atoms in total. The van der Waals surface area contributed by atoms with Crippen LogP contribution < -0.4 is 0 Å². The molecule has 13 heteroatoms. The quantitative estimate of drug-likeness (QED) is 0.490. The van der Waals surface area contributed by atoms with Gasteiger partial charge in [-0.1, -0.05) is 12.1 Å². The molecule has 0 fully saturated rings. The number of benzene rings is 2. The Kier molecular flexibility index (Phi) is 5.68. The zero-order valence-electron chi connectivity index (χ0n) is 11.4. The summed E-state index contributed by atoms with van der Waals surface area (Å²) in [6.07, 6.45) is 0. The second kappa shape index (κ2) is 6.38. The summed E-state index contributed by atoms with van der Waals surface area (Å²) in [5.41, 5.74) is 0. The van der Waals surface area contributed by atoms with Crippen LogP contribution in [0.15, 0.2) is 45.0 Å². The maximum Gasteiger partial charge on any atom is 0.295 e. The number of rotatable bonds is 3. The molecule has 2 aromatic carbocycles. The second-order valence-corrected chi connectivity index (χ2v) is 8.40. The first-order valence-electron chi connectivity index (χ1n) is 5.31. The van der Waals surface area contributed by atoms with Crippen LogP contribution in [0.1, 0.15) is 0 Å². The van der Waals surface area contributed by atoms with Crippen molar-refractivity contribution in [2.75, 3.05) is 0 Å². The zero-order valence-corrected chi connectivity index (χ0v) is 15.9. The number of hydrogen-bond donors (Lipinski definition) is 3. The second-order valence-electron chi connectivity index (χ2n) is 4.20. The van der Waals surface area contributed by atoms with Crippen molar-refractivity contribution in [2.45, 2.75) is 14.7 Å². The molecule has 0 bridgehead atoms. The molecule has 1 radical (unpaired) electrons. The van der Waals surface area contributed by atoms with Crippen molar-refractivity contribution < 1.29 is 38.9 Å². The van der Waals surface area contributed by atoms with Crippen molar-refractivity contribution in [3.8, 4) is 0 Å². The van der Waals surface area contributed by atoms with E-state index in [1.165, 1.54) is 0 Å². The van der Waals surface area contributed by atoms with Gasteiger partial charge in [0.2, 0.25) is 0 Å². The van der Waals surface area contributed by atoms with Crippen LogP contribution in [0.3, 0.4) is 0 Å². The Morgan fingerprint density at radius 1 is 0.652 bits per heavy atom. The van der Waals surface area contributed by atoms with Crippen molar-refractivity contribution in [1.82, 2.24) is 0 Å². The van der Waals surface area contributed by atoms with E-state index in [0.29, 0.717) is 12.1 Å². The summed E-state index contributed by atoms with van der Waals surface area (Å²) in [4.78, 5) is -2.66. The van der Waals surface area contributed by atoms with Crippen LogP contribution >= 0.6 is 0 Å². The van der Waals surface area contributed by atoms with E-state index in [2.05, 4.69) is 0 Å². The topological polar surface area (TPSA) is 163 Å². The fourth-order valence-electron chi connectivity index (χ4n) is 1.89. The molecule has 0 aromatic heterocycles. The molecule has 0 heterocycles. The molecule has 2 aromatic rings. The van der Waals surface area contributed by atoms with Crippen molar-refractivity contribution >= 4 is 70.7 Å². The Labute approximate surface area is 153 Å². The van der Waals surface area contributed by atoms with E-state index in [-0.39, 0.29) is 34.9 Å². The van der Waals surface area contributed by atoms with Gasteiger partial charge in [-0.25, -0.2) is 0 Å². The fourth-order valence-corrected chi connectivity index (χ4v) is 3.92. The molecule has 0 aliphatic heterocycles. The average Bonchev–Trinajstić information content (AvgIpc) is 2.33. The van der Waals surface area contributed by atoms with Crippen molar-refractivity contribution in [3.63, 3.8) is 0 Å². The Bertz CT molecular complexity index is 1090. The van der Waals surface area contributed by atoms with Crippen LogP contribution in [-0.4, -0.2) is 68.5 Å². The van der Waals surface area contributed by atoms with Crippen LogP contribution in [0.25, 0.3) is 10.8 Å². The predicted molar refractivity (Wildman–Crippen MR) is 79.1 cm³/mol. The smallest absolute Gasteiger partial charge is 0.282 e. The molecule has 23 heavy (non-hydrogen) atoms. The third-order valence-corrected chi connectivity index (χ3v) is 5.38. The first-order chi connectivity index (χ1) is 9.82. The van der Waals surface area contributed by atoms with E-state index in [0.717, 1.165) is 18.2 Å². The van der Waals surface area contributed by atoms with E-state index in [4.69, 9.17) is 13.7 Å². The summed E-state index contributed by atoms with van der Waals surface area (Å²) in [6, 6.07) is 4.23. The number of hydrogen-bond acceptors (Lipinski definition) is 6. The molecule has 0 saturated heterocycles. The van der Waals surface area contributed by atoms with Gasteiger partial charge < -0.3 is 0 Å². The minimum Gasteiger partial charge on any atom is -0.282 e. The van der Waals surface area contributed by atoms with Gasteiger partial charge in [-0.05, 0) is 18.2 Å². The standard InChI is InChI=1S/C10H8O9S3.Na/c11-20(12,13)6-4-8-7(10(5-6)22(17,18)19)2-1-3-9(8)21(14,15)16;/h1-5H,(H,11,12,13)(H,14,15,16)(H,17,18,19);. The molecule has 0 unspecified atom stereocenters. The molecule has 0 amide bonds. The van der Waals surface area contributed by atoms with Gasteiger partial charge in [0.25, 0.3) is 30.4 Å². The van der Waals surface area contributed by atoms with Crippen molar-refractivity contribution in [2.24, 2.45) is 0 Å². The monoisotopic (exact) mass is 391 g/mol. The third-order valence-electron chi connectivity index (χ3n) is 2.75. The van der Waals surface area contributed by atoms with E-state index >= 15 is 0 Å². The molecule has 3 N–H and O–H groups in total. The Morgan fingerprint density at radius 3 is 1.61 bits per heavy atom. The molecule has 0 spiro atoms. The van der Waals surface area contributed by atoms with Gasteiger partial charge in [-0.2, -0.15) is 25.3 Å². The summed E-state index contributed by atoms with van der Waals surface area (Å²) < 4.78 is 95.0. The average molecular weight is 391 g/mol. The van der Waals surface area contributed by atoms with E-state index < -0.39 is 50.4 Å². The van der Waals surface area contributed by atoms with Gasteiger partial charge in [-0.3, -0.25) is 13.7 Å². The first kappa shape index (κ1) is 20.5. The molecule has 0 saturated carbocycles. The predicted octanol–water partition coefficient (Wildman–Crippen LogP) is 0.199. The van der Waals surface area contributed by atoms with Gasteiger partial charge >= 0.3 is 0 Å². The normalized spacial score (nSPS) is 12.8.